The zero-order chi connectivity index (χ0) is 32.9. The molecule has 3 heterocycles. The summed E-state index contributed by atoms with van der Waals surface area (Å²) < 4.78 is 6.52. The van der Waals surface area contributed by atoms with Gasteiger partial charge in [0.25, 0.3) is 11.8 Å². The SMILES string of the molecule is O=C(O)C(O)C(O)C(=O)O.O=C1c2cccc(O)c2C(=O)N1[C@@H]1CC[C@@]2(O)[C@H]3Cc4ccc(O)c5c4[C@@]2(CCN3CC2CC2)[C@H]1O5. The third kappa shape index (κ3) is 4.10. The van der Waals surface area contributed by atoms with Gasteiger partial charge in [0.1, 0.15) is 11.9 Å². The molecule has 2 aromatic carbocycles. The number of aliphatic carboxylic acids is 2. The summed E-state index contributed by atoms with van der Waals surface area (Å²) in [6.45, 7) is 1.78. The summed E-state index contributed by atoms with van der Waals surface area (Å²) in [5, 5.41) is 66.3. The van der Waals surface area contributed by atoms with Crippen molar-refractivity contribution in [2.75, 3.05) is 13.1 Å². The minimum absolute atomic E-state index is 0.0255. The van der Waals surface area contributed by atoms with Gasteiger partial charge in [-0.2, -0.15) is 0 Å². The molecule has 46 heavy (non-hydrogen) atoms. The number of amides is 2. The first kappa shape index (κ1) is 30.4. The first-order valence-corrected chi connectivity index (χ1v) is 15.3. The van der Waals surface area contributed by atoms with Gasteiger partial charge in [0.05, 0.1) is 28.2 Å². The molecule has 14 nitrogen and oxygen atoms in total. The number of likely N-dealkylation sites (tertiary alicyclic amines) is 1. The fourth-order valence-corrected chi connectivity index (χ4v) is 8.58. The molecule has 14 heteroatoms. The van der Waals surface area contributed by atoms with Gasteiger partial charge in [0.15, 0.2) is 23.7 Å². The van der Waals surface area contributed by atoms with E-state index < -0.39 is 59.1 Å². The van der Waals surface area contributed by atoms with Crippen molar-refractivity contribution in [3.8, 4) is 17.2 Å². The second-order valence-electron chi connectivity index (χ2n) is 13.1. The third-order valence-corrected chi connectivity index (χ3v) is 10.8. The smallest absolute Gasteiger partial charge is 0.335 e. The molecule has 2 aromatic rings. The molecule has 8 rings (SSSR count). The zero-order valence-corrected chi connectivity index (χ0v) is 24.6. The highest BCUT2D eigenvalue weighted by atomic mass is 16.5. The van der Waals surface area contributed by atoms with Gasteiger partial charge in [-0.3, -0.25) is 19.4 Å². The van der Waals surface area contributed by atoms with Gasteiger partial charge >= 0.3 is 11.9 Å². The Morgan fingerprint density at radius 3 is 2.26 bits per heavy atom. The highest BCUT2D eigenvalue weighted by Crippen LogP contribution is 2.66. The number of aliphatic hydroxyl groups is 3. The summed E-state index contributed by atoms with van der Waals surface area (Å²) in [4.78, 5) is 50.3. The van der Waals surface area contributed by atoms with Crippen LogP contribution in [-0.2, 0) is 21.4 Å². The van der Waals surface area contributed by atoms with Crippen LogP contribution in [-0.4, -0.2) is 118 Å². The van der Waals surface area contributed by atoms with E-state index in [0.717, 1.165) is 24.2 Å². The van der Waals surface area contributed by atoms with Crippen molar-refractivity contribution < 1.29 is 59.7 Å². The predicted octanol–water partition coefficient (Wildman–Crippen LogP) is 0.204. The molecule has 6 aliphatic rings. The average Bonchev–Trinajstić information content (AvgIpc) is 3.70. The van der Waals surface area contributed by atoms with E-state index in [1.165, 1.54) is 23.8 Å². The van der Waals surface area contributed by atoms with E-state index in [2.05, 4.69) is 4.90 Å². The largest absolute Gasteiger partial charge is 0.507 e. The maximum atomic E-state index is 13.5. The maximum Gasteiger partial charge on any atom is 0.335 e. The number of nitrogens with zero attached hydrogens (tertiary/aromatic N) is 2. The minimum Gasteiger partial charge on any atom is -0.507 e. The number of carbonyl (C=O) groups is 4. The number of aromatic hydroxyl groups is 2. The predicted molar refractivity (Wildman–Crippen MR) is 154 cm³/mol. The van der Waals surface area contributed by atoms with Gasteiger partial charge in [0, 0.05) is 18.2 Å². The van der Waals surface area contributed by atoms with Crippen LogP contribution in [0.1, 0.15) is 63.9 Å². The Kier molecular flexibility index (Phi) is 6.87. The Bertz CT molecular complexity index is 1660. The van der Waals surface area contributed by atoms with Crippen LogP contribution in [0.2, 0.25) is 0 Å². The van der Waals surface area contributed by atoms with E-state index in [9.17, 15) is 34.5 Å². The zero-order valence-electron chi connectivity index (χ0n) is 24.6. The highest BCUT2D eigenvalue weighted by Gasteiger charge is 2.74. The Balaban J connectivity index is 0.000000296. The van der Waals surface area contributed by atoms with Crippen LogP contribution in [0.5, 0.6) is 17.2 Å². The number of imide groups is 1. The van der Waals surface area contributed by atoms with E-state index in [1.807, 2.05) is 6.07 Å². The van der Waals surface area contributed by atoms with Crippen molar-refractivity contribution in [1.82, 2.24) is 9.80 Å². The number of carboxylic acid groups (broad SMARTS) is 2. The molecule has 2 saturated carbocycles. The Labute approximate surface area is 262 Å². The molecule has 7 atom stereocenters. The number of carboxylic acids is 2. The Morgan fingerprint density at radius 2 is 1.63 bits per heavy atom. The third-order valence-electron chi connectivity index (χ3n) is 10.8. The fraction of sp³-hybridized carbons (Fsp3) is 0.500. The van der Waals surface area contributed by atoms with Crippen molar-refractivity contribution in [3.63, 3.8) is 0 Å². The molecule has 7 N–H and O–H groups in total. The van der Waals surface area contributed by atoms with Crippen LogP contribution in [0, 0.1) is 5.92 Å². The van der Waals surface area contributed by atoms with Crippen LogP contribution in [0.25, 0.3) is 0 Å². The Morgan fingerprint density at radius 1 is 0.935 bits per heavy atom. The van der Waals surface area contributed by atoms with Gasteiger partial charge < -0.3 is 40.5 Å². The number of phenolic OH excluding ortho intramolecular Hbond substituents is 2. The van der Waals surface area contributed by atoms with Crippen molar-refractivity contribution in [1.29, 1.82) is 0 Å². The quantitative estimate of drug-likeness (QED) is 0.210. The van der Waals surface area contributed by atoms with E-state index in [-0.39, 0.29) is 28.7 Å². The molecule has 2 unspecified atom stereocenters. The molecular weight excluding hydrogens is 604 g/mol. The lowest BCUT2D eigenvalue weighted by atomic mass is 9.48. The van der Waals surface area contributed by atoms with Gasteiger partial charge in [0.2, 0.25) is 0 Å². The lowest BCUT2D eigenvalue weighted by molar-refractivity contribution is -0.196. The number of benzene rings is 2. The van der Waals surface area contributed by atoms with Crippen LogP contribution in [0.4, 0.5) is 0 Å². The average molecular weight is 639 g/mol. The number of piperidine rings is 1. The molecule has 2 amide bonds. The molecule has 3 aliphatic heterocycles. The topological polar surface area (TPSA) is 226 Å². The van der Waals surface area contributed by atoms with Gasteiger partial charge in [-0.25, -0.2) is 9.59 Å². The number of hydrogen-bond donors (Lipinski definition) is 7. The number of ether oxygens (including phenoxy) is 1. The van der Waals surface area contributed by atoms with Crippen LogP contribution in [0.15, 0.2) is 30.3 Å². The second-order valence-corrected chi connectivity index (χ2v) is 13.1. The lowest BCUT2D eigenvalue weighted by Gasteiger charge is -2.64. The minimum atomic E-state index is -2.27. The molecule has 1 saturated heterocycles. The lowest BCUT2D eigenvalue weighted by Crippen LogP contribution is -2.78. The Hall–Kier alpha value is -4.24. The van der Waals surface area contributed by atoms with E-state index in [0.29, 0.717) is 37.4 Å². The van der Waals surface area contributed by atoms with Crippen molar-refractivity contribution in [2.24, 2.45) is 5.92 Å². The molecule has 3 aliphatic carbocycles. The first-order valence-electron chi connectivity index (χ1n) is 15.3. The summed E-state index contributed by atoms with van der Waals surface area (Å²) in [5.74, 6) is -3.61. The summed E-state index contributed by atoms with van der Waals surface area (Å²) in [7, 11) is 0. The number of phenols is 2. The summed E-state index contributed by atoms with van der Waals surface area (Å²) >= 11 is 0. The molecule has 2 bridgehead atoms. The van der Waals surface area contributed by atoms with Crippen molar-refractivity contribution >= 4 is 23.8 Å². The summed E-state index contributed by atoms with van der Waals surface area (Å²) in [6, 6.07) is 7.45. The van der Waals surface area contributed by atoms with E-state index >= 15 is 0 Å². The van der Waals surface area contributed by atoms with Crippen LogP contribution >= 0.6 is 0 Å². The highest BCUT2D eigenvalue weighted by molar-refractivity contribution is 6.22. The van der Waals surface area contributed by atoms with Gasteiger partial charge in [-0.15, -0.1) is 0 Å². The van der Waals surface area contributed by atoms with E-state index in [4.69, 9.17) is 25.2 Å². The van der Waals surface area contributed by atoms with Crippen LogP contribution in [0.3, 0.4) is 0 Å². The van der Waals surface area contributed by atoms with Gasteiger partial charge in [-0.05, 0) is 74.8 Å². The molecule has 1 spiro atoms. The van der Waals surface area contributed by atoms with Crippen molar-refractivity contribution in [2.45, 2.75) is 79.9 Å². The molecular formula is C32H34N2O12. The van der Waals surface area contributed by atoms with E-state index in [1.54, 1.807) is 18.2 Å². The molecule has 0 aromatic heterocycles. The first-order chi connectivity index (χ1) is 21.8. The van der Waals surface area contributed by atoms with Gasteiger partial charge in [-0.1, -0.05) is 12.1 Å². The number of rotatable bonds is 6. The summed E-state index contributed by atoms with van der Waals surface area (Å²) in [6.07, 6.45) is -0.585. The molecule has 3 fully saturated rings. The molecule has 0 radical (unpaired) electrons. The fourth-order valence-electron chi connectivity index (χ4n) is 8.58. The van der Waals surface area contributed by atoms with Crippen molar-refractivity contribution in [3.05, 3.63) is 52.6 Å². The number of fused-ring (bicyclic) bond motifs is 1. The standard InChI is InChI=1S/C28H28N2O6.C4H6O6/c31-18-3-1-2-16-21(18)26(34)30(25(16)33)17-8-9-28(35)20-12-15-6-7-19(32)23-22(15)27(28,24(17)36-23)10-11-29(20)13-14-4-5-14;5-1(3(7)8)2(6)4(9)10/h1-3,6-7,14,17,20,24,31-32,35H,4-5,8-13H2;1-2,5-6H,(H,7,8)(H,9,10)/t17-,20-,24+,27+,28-;/m1./s1. The number of carbonyl (C=O) groups excluding carboxylic acids is 2. The number of hydrogen-bond acceptors (Lipinski definition) is 11. The second kappa shape index (κ2) is 10.4. The molecule has 244 valence electrons. The monoisotopic (exact) mass is 638 g/mol. The maximum absolute atomic E-state index is 13.5. The normalized spacial score (nSPS) is 31.6. The van der Waals surface area contributed by atoms with Crippen LogP contribution < -0.4 is 4.74 Å². The number of aliphatic hydroxyl groups excluding tert-OH is 2. The summed E-state index contributed by atoms with van der Waals surface area (Å²) in [5.41, 5.74) is 0.245.